The van der Waals surface area contributed by atoms with Crippen LogP contribution >= 0.6 is 0 Å². The van der Waals surface area contributed by atoms with Crippen LogP contribution in [0.25, 0.3) is 0 Å². The van der Waals surface area contributed by atoms with Crippen LogP contribution in [-0.2, 0) is 0 Å². The molecule has 1 N–H and O–H groups in total. The normalized spacial score (nSPS) is 18.6. The third-order valence-electron chi connectivity index (χ3n) is 3.82. The molecule has 0 spiro atoms. The van der Waals surface area contributed by atoms with E-state index < -0.39 is 0 Å². The van der Waals surface area contributed by atoms with E-state index in [4.69, 9.17) is 5.11 Å². The highest BCUT2D eigenvalue weighted by atomic mass is 16.2. The summed E-state index contributed by atoms with van der Waals surface area (Å²) in [5, 5.41) is 8.79. The number of nitrogens with zero attached hydrogens (tertiary/aromatic N) is 2. The van der Waals surface area contributed by atoms with E-state index in [-0.39, 0.29) is 12.5 Å². The molecule has 112 valence electrons. The number of aromatic nitrogens is 1. The number of carbonyl (C=O) groups is 1. The fraction of sp³-hybridized carbons (Fsp3) is 0.529. The van der Waals surface area contributed by atoms with Gasteiger partial charge in [-0.05, 0) is 31.2 Å². The van der Waals surface area contributed by atoms with E-state index in [1.807, 2.05) is 4.90 Å². The first-order chi connectivity index (χ1) is 10.2. The highest BCUT2D eigenvalue weighted by Crippen LogP contribution is 2.19. The standard InChI is InChI=1S/C17H22N2O2/c1-14-5-4-10-19(11-8-14)17(21)16-7-9-18-13-15(16)6-2-3-12-20/h7,9,13-14,20H,3-5,8,10-12H2,1H3. The number of amides is 1. The van der Waals surface area contributed by atoms with Crippen LogP contribution in [-0.4, -0.2) is 40.6 Å². The van der Waals surface area contributed by atoms with E-state index in [1.165, 1.54) is 6.42 Å². The Morgan fingerprint density at radius 3 is 3.14 bits per heavy atom. The lowest BCUT2D eigenvalue weighted by atomic mass is 10.0. The van der Waals surface area contributed by atoms with Crippen molar-refractivity contribution in [2.75, 3.05) is 19.7 Å². The van der Waals surface area contributed by atoms with Gasteiger partial charge in [-0.25, -0.2) is 0 Å². The molecule has 1 aliphatic heterocycles. The van der Waals surface area contributed by atoms with Gasteiger partial charge < -0.3 is 10.0 Å². The largest absolute Gasteiger partial charge is 0.395 e. The number of carbonyl (C=O) groups excluding carboxylic acids is 1. The molecular weight excluding hydrogens is 264 g/mol. The summed E-state index contributed by atoms with van der Waals surface area (Å²) in [7, 11) is 0. The molecule has 1 unspecified atom stereocenters. The summed E-state index contributed by atoms with van der Waals surface area (Å²) >= 11 is 0. The van der Waals surface area contributed by atoms with Gasteiger partial charge in [0.15, 0.2) is 0 Å². The Kier molecular flexibility index (Phi) is 5.77. The minimum atomic E-state index is 0.0283. The van der Waals surface area contributed by atoms with Gasteiger partial charge in [0.2, 0.25) is 0 Å². The minimum absolute atomic E-state index is 0.0283. The average molecular weight is 286 g/mol. The maximum atomic E-state index is 12.7. The highest BCUT2D eigenvalue weighted by Gasteiger charge is 2.21. The summed E-state index contributed by atoms with van der Waals surface area (Å²) in [4.78, 5) is 18.7. The molecular formula is C17H22N2O2. The van der Waals surface area contributed by atoms with Crippen molar-refractivity contribution < 1.29 is 9.90 Å². The number of pyridine rings is 1. The number of rotatable bonds is 2. The number of likely N-dealkylation sites (tertiary alicyclic amines) is 1. The number of hydrogen-bond acceptors (Lipinski definition) is 3. The van der Waals surface area contributed by atoms with Crippen molar-refractivity contribution in [1.82, 2.24) is 9.88 Å². The summed E-state index contributed by atoms with van der Waals surface area (Å²) < 4.78 is 0. The fourth-order valence-electron chi connectivity index (χ4n) is 2.53. The molecule has 1 aromatic rings. The molecule has 0 bridgehead atoms. The molecule has 0 aliphatic carbocycles. The van der Waals surface area contributed by atoms with Crippen LogP contribution in [0.1, 0.15) is 48.5 Å². The highest BCUT2D eigenvalue weighted by molar-refractivity contribution is 5.96. The summed E-state index contributed by atoms with van der Waals surface area (Å²) in [6.45, 7) is 3.90. The van der Waals surface area contributed by atoms with Gasteiger partial charge in [0.05, 0.1) is 17.7 Å². The van der Waals surface area contributed by atoms with Crippen LogP contribution in [0.3, 0.4) is 0 Å². The van der Waals surface area contributed by atoms with Crippen LogP contribution in [0.4, 0.5) is 0 Å². The van der Waals surface area contributed by atoms with Crippen molar-refractivity contribution in [2.24, 2.45) is 5.92 Å². The minimum Gasteiger partial charge on any atom is -0.395 e. The van der Waals surface area contributed by atoms with Crippen molar-refractivity contribution in [3.63, 3.8) is 0 Å². The van der Waals surface area contributed by atoms with E-state index in [1.54, 1.807) is 18.5 Å². The average Bonchev–Trinajstić information content (AvgIpc) is 2.72. The van der Waals surface area contributed by atoms with Gasteiger partial charge in [-0.1, -0.05) is 18.8 Å². The van der Waals surface area contributed by atoms with Gasteiger partial charge in [-0.2, -0.15) is 0 Å². The monoisotopic (exact) mass is 286 g/mol. The second-order valence-corrected chi connectivity index (χ2v) is 5.52. The predicted octanol–water partition coefficient (Wildman–Crippen LogP) is 2.08. The van der Waals surface area contributed by atoms with Crippen molar-refractivity contribution >= 4 is 5.91 Å². The lowest BCUT2D eigenvalue weighted by molar-refractivity contribution is 0.0760. The van der Waals surface area contributed by atoms with Crippen LogP contribution in [0, 0.1) is 17.8 Å². The summed E-state index contributed by atoms with van der Waals surface area (Å²) in [5.41, 5.74) is 1.26. The first kappa shape index (κ1) is 15.5. The van der Waals surface area contributed by atoms with Crippen LogP contribution in [0.2, 0.25) is 0 Å². The summed E-state index contributed by atoms with van der Waals surface area (Å²) in [5.74, 6) is 6.52. The molecule has 4 heteroatoms. The third kappa shape index (κ3) is 4.30. The molecule has 1 aromatic heterocycles. The Morgan fingerprint density at radius 1 is 1.48 bits per heavy atom. The zero-order valence-corrected chi connectivity index (χ0v) is 12.5. The van der Waals surface area contributed by atoms with Crippen molar-refractivity contribution in [2.45, 2.75) is 32.6 Å². The van der Waals surface area contributed by atoms with Gasteiger partial charge in [-0.3, -0.25) is 9.78 Å². The Balaban J connectivity index is 2.17. The van der Waals surface area contributed by atoms with Crippen LogP contribution in [0.5, 0.6) is 0 Å². The van der Waals surface area contributed by atoms with Gasteiger partial charge in [0.25, 0.3) is 5.91 Å². The molecule has 4 nitrogen and oxygen atoms in total. The molecule has 1 saturated heterocycles. The first-order valence-electron chi connectivity index (χ1n) is 7.55. The van der Waals surface area contributed by atoms with E-state index in [0.29, 0.717) is 23.5 Å². The Hall–Kier alpha value is -1.86. The Bertz CT molecular complexity index is 545. The quantitative estimate of drug-likeness (QED) is 0.847. The maximum Gasteiger partial charge on any atom is 0.255 e. The Labute approximate surface area is 126 Å². The molecule has 21 heavy (non-hydrogen) atoms. The molecule has 0 saturated carbocycles. The maximum absolute atomic E-state index is 12.7. The van der Waals surface area contributed by atoms with Crippen molar-refractivity contribution in [3.05, 3.63) is 29.6 Å². The summed E-state index contributed by atoms with van der Waals surface area (Å²) in [6, 6.07) is 1.74. The molecule has 1 atom stereocenters. The van der Waals surface area contributed by atoms with Crippen LogP contribution < -0.4 is 0 Å². The number of aliphatic hydroxyl groups excluding tert-OH is 1. The van der Waals surface area contributed by atoms with Crippen LogP contribution in [0.15, 0.2) is 18.5 Å². The Morgan fingerprint density at radius 2 is 2.33 bits per heavy atom. The number of aliphatic hydroxyl groups is 1. The second kappa shape index (κ2) is 7.80. The van der Waals surface area contributed by atoms with E-state index in [2.05, 4.69) is 23.7 Å². The molecule has 2 heterocycles. The van der Waals surface area contributed by atoms with Gasteiger partial charge in [0.1, 0.15) is 0 Å². The first-order valence-corrected chi connectivity index (χ1v) is 7.55. The predicted molar refractivity (Wildman–Crippen MR) is 81.7 cm³/mol. The molecule has 1 fully saturated rings. The van der Waals surface area contributed by atoms with E-state index >= 15 is 0 Å². The van der Waals surface area contributed by atoms with Gasteiger partial charge >= 0.3 is 0 Å². The third-order valence-corrected chi connectivity index (χ3v) is 3.82. The second-order valence-electron chi connectivity index (χ2n) is 5.52. The lowest BCUT2D eigenvalue weighted by Gasteiger charge is -2.21. The molecule has 0 aromatic carbocycles. The zero-order chi connectivity index (χ0) is 15.1. The van der Waals surface area contributed by atoms with Gasteiger partial charge in [0, 0.05) is 31.9 Å². The smallest absolute Gasteiger partial charge is 0.255 e. The van der Waals surface area contributed by atoms with Crippen molar-refractivity contribution in [3.8, 4) is 11.8 Å². The zero-order valence-electron chi connectivity index (χ0n) is 12.5. The molecule has 1 aliphatic rings. The van der Waals surface area contributed by atoms with E-state index in [9.17, 15) is 4.79 Å². The SMILES string of the molecule is CC1CCCN(C(=O)c2ccncc2C#CCCO)CC1. The number of hydrogen-bond donors (Lipinski definition) is 1. The van der Waals surface area contributed by atoms with Gasteiger partial charge in [-0.15, -0.1) is 0 Å². The van der Waals surface area contributed by atoms with Crippen molar-refractivity contribution in [1.29, 1.82) is 0 Å². The molecule has 0 radical (unpaired) electrons. The fourth-order valence-corrected chi connectivity index (χ4v) is 2.53. The molecule has 1 amide bonds. The topological polar surface area (TPSA) is 53.4 Å². The van der Waals surface area contributed by atoms with E-state index in [0.717, 1.165) is 25.9 Å². The summed E-state index contributed by atoms with van der Waals surface area (Å²) in [6.07, 6.45) is 6.96. The molecule has 2 rings (SSSR count). The lowest BCUT2D eigenvalue weighted by Crippen LogP contribution is -2.32.